The lowest BCUT2D eigenvalue weighted by Gasteiger charge is -2.07. The first-order valence-electron chi connectivity index (χ1n) is 5.25. The van der Waals surface area contributed by atoms with Crippen molar-refractivity contribution in [3.63, 3.8) is 0 Å². The monoisotopic (exact) mass is 308 g/mol. The molecule has 3 nitrogen and oxygen atoms in total. The number of nitrogens with one attached hydrogen (secondary N) is 1. The normalized spacial score (nSPS) is 10.2. The summed E-state index contributed by atoms with van der Waals surface area (Å²) < 4.78 is 13.7. The molecule has 1 amide bonds. The molecule has 1 N–H and O–H groups in total. The topological polar surface area (TPSA) is 42.0 Å². The molecule has 0 atom stereocenters. The highest BCUT2D eigenvalue weighted by Crippen LogP contribution is 2.23. The number of carbonyl (C=O) groups excluding carboxylic acids is 1. The summed E-state index contributed by atoms with van der Waals surface area (Å²) in [5.41, 5.74) is 1.65. The standard InChI is InChI=1S/C13H10BrFN2O/c1-8-2-3-9(7-16-8)13(18)17-12-6-10(15)4-5-11(12)14/h2-7H,1H3,(H,17,18). The Kier molecular flexibility index (Phi) is 3.72. The minimum atomic E-state index is -0.407. The van der Waals surface area contributed by atoms with Crippen molar-refractivity contribution < 1.29 is 9.18 Å². The second kappa shape index (κ2) is 5.27. The van der Waals surface area contributed by atoms with E-state index < -0.39 is 5.82 Å². The number of rotatable bonds is 2. The SMILES string of the molecule is Cc1ccc(C(=O)Nc2cc(F)ccc2Br)cn1. The predicted octanol–water partition coefficient (Wildman–Crippen LogP) is 3.54. The summed E-state index contributed by atoms with van der Waals surface area (Å²) in [6, 6.07) is 7.52. The van der Waals surface area contributed by atoms with Gasteiger partial charge in [-0.05, 0) is 53.2 Å². The lowest BCUT2D eigenvalue weighted by Crippen LogP contribution is -2.12. The van der Waals surface area contributed by atoms with Crippen molar-refractivity contribution >= 4 is 27.5 Å². The Morgan fingerprint density at radius 2 is 2.11 bits per heavy atom. The van der Waals surface area contributed by atoms with E-state index in [4.69, 9.17) is 0 Å². The van der Waals surface area contributed by atoms with E-state index >= 15 is 0 Å². The number of benzene rings is 1. The Morgan fingerprint density at radius 3 is 2.78 bits per heavy atom. The van der Waals surface area contributed by atoms with Gasteiger partial charge in [-0.1, -0.05) is 0 Å². The maximum Gasteiger partial charge on any atom is 0.257 e. The Balaban J connectivity index is 2.21. The second-order valence-electron chi connectivity index (χ2n) is 3.77. The van der Waals surface area contributed by atoms with Gasteiger partial charge in [0.15, 0.2) is 0 Å². The Morgan fingerprint density at radius 1 is 1.33 bits per heavy atom. The van der Waals surface area contributed by atoms with Gasteiger partial charge in [0.25, 0.3) is 5.91 Å². The summed E-state index contributed by atoms with van der Waals surface area (Å²) in [5.74, 6) is -0.732. The van der Waals surface area contributed by atoms with Crippen molar-refractivity contribution in [2.75, 3.05) is 5.32 Å². The summed E-state index contributed by atoms with van der Waals surface area (Å²) in [7, 11) is 0. The van der Waals surface area contributed by atoms with E-state index in [0.29, 0.717) is 15.7 Å². The van der Waals surface area contributed by atoms with E-state index in [2.05, 4.69) is 26.2 Å². The summed E-state index contributed by atoms with van der Waals surface area (Å²) in [6.45, 7) is 1.84. The van der Waals surface area contributed by atoms with Crippen molar-refractivity contribution in [3.05, 3.63) is 58.1 Å². The predicted molar refractivity (Wildman–Crippen MR) is 71.0 cm³/mol. The lowest BCUT2D eigenvalue weighted by molar-refractivity contribution is 0.102. The van der Waals surface area contributed by atoms with Gasteiger partial charge in [-0.3, -0.25) is 9.78 Å². The Bertz CT molecular complexity index is 584. The number of aromatic nitrogens is 1. The molecule has 2 rings (SSSR count). The van der Waals surface area contributed by atoms with Crippen molar-refractivity contribution in [2.45, 2.75) is 6.92 Å². The first kappa shape index (κ1) is 12.7. The third-order valence-electron chi connectivity index (χ3n) is 2.35. The highest BCUT2D eigenvalue weighted by Gasteiger charge is 2.09. The highest BCUT2D eigenvalue weighted by atomic mass is 79.9. The fourth-order valence-corrected chi connectivity index (χ4v) is 1.74. The Labute approximate surface area is 112 Å². The lowest BCUT2D eigenvalue weighted by atomic mass is 10.2. The smallest absolute Gasteiger partial charge is 0.257 e. The van der Waals surface area contributed by atoms with E-state index in [1.54, 1.807) is 18.2 Å². The number of halogens is 2. The van der Waals surface area contributed by atoms with Crippen LogP contribution in [-0.4, -0.2) is 10.9 Å². The van der Waals surface area contributed by atoms with E-state index in [9.17, 15) is 9.18 Å². The minimum absolute atomic E-state index is 0.325. The molecule has 0 fully saturated rings. The Hall–Kier alpha value is -1.75. The molecule has 0 radical (unpaired) electrons. The van der Waals surface area contributed by atoms with Gasteiger partial charge in [0.2, 0.25) is 0 Å². The molecule has 0 spiro atoms. The van der Waals surface area contributed by atoms with Crippen LogP contribution in [0.2, 0.25) is 0 Å². The maximum absolute atomic E-state index is 13.1. The highest BCUT2D eigenvalue weighted by molar-refractivity contribution is 9.10. The molecule has 5 heteroatoms. The molecule has 0 bridgehead atoms. The number of pyridine rings is 1. The fraction of sp³-hybridized carbons (Fsp3) is 0.0769. The van der Waals surface area contributed by atoms with Gasteiger partial charge >= 0.3 is 0 Å². The number of carbonyl (C=O) groups is 1. The van der Waals surface area contributed by atoms with E-state index in [0.717, 1.165) is 5.69 Å². The van der Waals surface area contributed by atoms with Crippen LogP contribution in [0.3, 0.4) is 0 Å². The first-order chi connectivity index (χ1) is 8.56. The number of hydrogen-bond donors (Lipinski definition) is 1. The molecule has 1 aromatic heterocycles. The molecule has 0 aliphatic heterocycles. The van der Waals surface area contributed by atoms with Crippen LogP contribution < -0.4 is 5.32 Å². The van der Waals surface area contributed by atoms with Crippen LogP contribution in [0.15, 0.2) is 41.0 Å². The van der Waals surface area contributed by atoms with Crippen LogP contribution >= 0.6 is 15.9 Å². The van der Waals surface area contributed by atoms with Gasteiger partial charge in [-0.25, -0.2) is 4.39 Å². The van der Waals surface area contributed by atoms with E-state index in [1.165, 1.54) is 18.3 Å². The molecule has 18 heavy (non-hydrogen) atoms. The largest absolute Gasteiger partial charge is 0.321 e. The number of nitrogens with zero attached hydrogens (tertiary/aromatic N) is 1. The minimum Gasteiger partial charge on any atom is -0.321 e. The number of amides is 1. The molecule has 0 aliphatic rings. The number of hydrogen-bond acceptors (Lipinski definition) is 2. The average molecular weight is 309 g/mol. The van der Waals surface area contributed by atoms with Gasteiger partial charge in [-0.15, -0.1) is 0 Å². The fourth-order valence-electron chi connectivity index (χ4n) is 1.39. The van der Waals surface area contributed by atoms with Crippen LogP contribution in [-0.2, 0) is 0 Å². The van der Waals surface area contributed by atoms with Gasteiger partial charge in [0.1, 0.15) is 5.82 Å². The van der Waals surface area contributed by atoms with Crippen LogP contribution in [0.25, 0.3) is 0 Å². The first-order valence-corrected chi connectivity index (χ1v) is 6.04. The van der Waals surface area contributed by atoms with Crippen molar-refractivity contribution in [2.24, 2.45) is 0 Å². The molecule has 0 unspecified atom stereocenters. The molecule has 92 valence electrons. The van der Waals surface area contributed by atoms with Gasteiger partial charge in [0, 0.05) is 16.4 Å². The number of anilines is 1. The third kappa shape index (κ3) is 2.92. The molecule has 1 aromatic carbocycles. The molecule has 1 heterocycles. The molecule has 0 aliphatic carbocycles. The zero-order chi connectivity index (χ0) is 13.1. The molecular formula is C13H10BrFN2O. The van der Waals surface area contributed by atoms with Crippen molar-refractivity contribution in [3.8, 4) is 0 Å². The van der Waals surface area contributed by atoms with Crippen LogP contribution in [0, 0.1) is 12.7 Å². The van der Waals surface area contributed by atoms with E-state index in [-0.39, 0.29) is 5.91 Å². The molecule has 2 aromatic rings. The van der Waals surface area contributed by atoms with Crippen LogP contribution in [0.4, 0.5) is 10.1 Å². The summed E-state index contributed by atoms with van der Waals surface area (Å²) in [5, 5.41) is 2.62. The van der Waals surface area contributed by atoms with Crippen molar-refractivity contribution in [1.29, 1.82) is 0 Å². The van der Waals surface area contributed by atoms with Gasteiger partial charge in [-0.2, -0.15) is 0 Å². The average Bonchev–Trinajstić information content (AvgIpc) is 2.34. The van der Waals surface area contributed by atoms with Crippen LogP contribution in [0.1, 0.15) is 16.1 Å². The molecular weight excluding hydrogens is 299 g/mol. The van der Waals surface area contributed by atoms with Crippen molar-refractivity contribution in [1.82, 2.24) is 4.98 Å². The molecule has 0 saturated carbocycles. The second-order valence-corrected chi connectivity index (χ2v) is 4.62. The zero-order valence-corrected chi connectivity index (χ0v) is 11.2. The maximum atomic E-state index is 13.1. The van der Waals surface area contributed by atoms with E-state index in [1.807, 2.05) is 6.92 Å². The molecule has 0 saturated heterocycles. The summed E-state index contributed by atoms with van der Waals surface area (Å²) >= 11 is 3.25. The quantitative estimate of drug-likeness (QED) is 0.922. The van der Waals surface area contributed by atoms with Gasteiger partial charge in [0.05, 0.1) is 11.3 Å². The van der Waals surface area contributed by atoms with Gasteiger partial charge < -0.3 is 5.32 Å². The zero-order valence-electron chi connectivity index (χ0n) is 9.58. The number of aryl methyl sites for hydroxylation is 1. The van der Waals surface area contributed by atoms with Crippen LogP contribution in [0.5, 0.6) is 0 Å². The summed E-state index contributed by atoms with van der Waals surface area (Å²) in [6.07, 6.45) is 1.48. The summed E-state index contributed by atoms with van der Waals surface area (Å²) in [4.78, 5) is 15.9. The third-order valence-corrected chi connectivity index (χ3v) is 3.04.